The molecule has 2 aliphatic heterocycles. The van der Waals surface area contributed by atoms with Gasteiger partial charge in [-0.2, -0.15) is 13.2 Å². The van der Waals surface area contributed by atoms with E-state index in [0.717, 1.165) is 18.4 Å². The van der Waals surface area contributed by atoms with Gasteiger partial charge >= 0.3 is 18.1 Å². The summed E-state index contributed by atoms with van der Waals surface area (Å²) in [5.74, 6) is -5.84. The van der Waals surface area contributed by atoms with E-state index in [-0.39, 0.29) is 30.3 Å². The van der Waals surface area contributed by atoms with Crippen molar-refractivity contribution in [2.75, 3.05) is 31.5 Å². The Kier molecular flexibility index (Phi) is 11.7. The summed E-state index contributed by atoms with van der Waals surface area (Å²) in [7, 11) is 0. The zero-order chi connectivity index (χ0) is 36.7. The van der Waals surface area contributed by atoms with Crippen molar-refractivity contribution in [2.45, 2.75) is 51.7 Å². The number of hydrogen-bond donors (Lipinski definition) is 2. The van der Waals surface area contributed by atoms with Gasteiger partial charge in [0.2, 0.25) is 5.91 Å². The molecule has 0 spiro atoms. The normalized spacial score (nSPS) is 17.4. The van der Waals surface area contributed by atoms with E-state index in [1.54, 1.807) is 53.4 Å². The summed E-state index contributed by atoms with van der Waals surface area (Å²) in [6.07, 6.45) is -1.73. The SMILES string of the molecule is CCCN(CCC)C(=O)C1=Cc2ccc(C(=O)Nc3cccc([C@H]4CN(Cc5ccccc5)C[C@@H]4C(=O)OC(=O)C(F)(F)F)c3)cc2N=C(N)C1. The number of rotatable bonds is 11. The van der Waals surface area contributed by atoms with Gasteiger partial charge in [0.05, 0.1) is 11.6 Å². The van der Waals surface area contributed by atoms with Crippen LogP contribution >= 0.6 is 0 Å². The number of aliphatic imine (C=N–C) groups is 1. The van der Waals surface area contributed by atoms with Crippen LogP contribution in [0.15, 0.2) is 83.4 Å². The van der Waals surface area contributed by atoms with Crippen LogP contribution in [0.5, 0.6) is 0 Å². The molecular weight excluding hydrogens is 663 g/mol. The third kappa shape index (κ3) is 9.28. The highest BCUT2D eigenvalue weighted by Gasteiger charge is 2.46. The number of nitrogens with two attached hydrogens (primary N) is 1. The lowest BCUT2D eigenvalue weighted by Crippen LogP contribution is -2.34. The lowest BCUT2D eigenvalue weighted by Gasteiger charge is -2.22. The number of fused-ring (bicyclic) bond motifs is 1. The summed E-state index contributed by atoms with van der Waals surface area (Å²) >= 11 is 0. The molecule has 1 fully saturated rings. The summed E-state index contributed by atoms with van der Waals surface area (Å²) in [6, 6.07) is 21.0. The summed E-state index contributed by atoms with van der Waals surface area (Å²) in [4.78, 5) is 59.5. The molecule has 3 aromatic carbocycles. The Morgan fingerprint density at radius 3 is 2.37 bits per heavy atom. The first-order valence-electron chi connectivity index (χ1n) is 16.8. The number of benzene rings is 3. The third-order valence-electron chi connectivity index (χ3n) is 8.75. The number of nitrogens with one attached hydrogen (secondary N) is 1. The molecule has 0 saturated carbocycles. The van der Waals surface area contributed by atoms with Gasteiger partial charge in [-0.3, -0.25) is 19.3 Å². The highest BCUT2D eigenvalue weighted by atomic mass is 19.4. The van der Waals surface area contributed by atoms with Crippen molar-refractivity contribution in [1.82, 2.24) is 9.80 Å². The molecule has 2 aliphatic rings. The highest BCUT2D eigenvalue weighted by Crippen LogP contribution is 2.36. The minimum atomic E-state index is -5.31. The van der Waals surface area contributed by atoms with Crippen LogP contribution in [0.4, 0.5) is 24.5 Å². The van der Waals surface area contributed by atoms with E-state index in [0.29, 0.717) is 54.3 Å². The van der Waals surface area contributed by atoms with Gasteiger partial charge < -0.3 is 20.7 Å². The minimum Gasteiger partial charge on any atom is -0.387 e. The predicted octanol–water partition coefficient (Wildman–Crippen LogP) is 6.21. The van der Waals surface area contributed by atoms with Crippen LogP contribution in [-0.2, 0) is 25.7 Å². The molecular formula is C38H40F3N5O5. The van der Waals surface area contributed by atoms with Crippen LogP contribution in [0, 0.1) is 5.92 Å². The van der Waals surface area contributed by atoms with Crippen molar-refractivity contribution in [3.63, 3.8) is 0 Å². The standard InChI is InChI=1S/C38H40F3N5O5/c1-3-15-46(16-4-2)35(48)28-17-26-13-14-27(19-32(26)44-33(42)20-28)34(47)43-29-12-8-11-25(18-29)30-22-45(21-24-9-6-5-7-10-24)23-31(30)36(49)51-37(50)38(39,40)41/h5-14,17-19,30-31H,3-4,15-16,20-23H2,1-2H3,(H2,42,44)(H,43,47)/t30-,31+/m1/s1. The Morgan fingerprint density at radius 1 is 0.961 bits per heavy atom. The molecule has 0 aliphatic carbocycles. The monoisotopic (exact) mass is 703 g/mol. The maximum absolute atomic E-state index is 13.5. The lowest BCUT2D eigenvalue weighted by molar-refractivity contribution is -0.203. The number of hydrogen-bond acceptors (Lipinski definition) is 8. The molecule has 1 saturated heterocycles. The number of anilines is 1. The maximum Gasteiger partial charge on any atom is 0.491 e. The van der Waals surface area contributed by atoms with Crippen LogP contribution in [0.3, 0.4) is 0 Å². The first kappa shape index (κ1) is 37.0. The Labute approximate surface area is 294 Å². The van der Waals surface area contributed by atoms with Gasteiger partial charge in [-0.25, -0.2) is 9.79 Å². The number of alkyl halides is 3. The van der Waals surface area contributed by atoms with Crippen molar-refractivity contribution in [3.8, 4) is 0 Å². The Bertz CT molecular complexity index is 1840. The topological polar surface area (TPSA) is 134 Å². The van der Waals surface area contributed by atoms with Crippen LogP contribution in [-0.4, -0.2) is 71.7 Å². The second-order valence-corrected chi connectivity index (χ2v) is 12.7. The van der Waals surface area contributed by atoms with Gasteiger partial charge in [-0.15, -0.1) is 0 Å². The zero-order valence-corrected chi connectivity index (χ0v) is 28.4. The Balaban J connectivity index is 1.35. The fraction of sp³-hybridized carbons (Fsp3) is 0.342. The summed E-state index contributed by atoms with van der Waals surface area (Å²) < 4.78 is 43.1. The average molecular weight is 704 g/mol. The number of likely N-dealkylation sites (tertiary alicyclic amines) is 1. The number of amidine groups is 1. The second-order valence-electron chi connectivity index (χ2n) is 12.7. The molecule has 5 rings (SSSR count). The molecule has 3 N–H and O–H groups in total. The van der Waals surface area contributed by atoms with Gasteiger partial charge in [0, 0.05) is 67.4 Å². The number of amides is 2. The summed E-state index contributed by atoms with van der Waals surface area (Å²) in [5, 5.41) is 2.85. The summed E-state index contributed by atoms with van der Waals surface area (Å²) in [6.45, 7) is 6.07. The number of nitrogens with zero attached hydrogens (tertiary/aromatic N) is 3. The molecule has 0 aromatic heterocycles. The average Bonchev–Trinajstić information content (AvgIpc) is 3.44. The largest absolute Gasteiger partial charge is 0.491 e. The highest BCUT2D eigenvalue weighted by molar-refractivity contribution is 6.08. The van der Waals surface area contributed by atoms with Crippen molar-refractivity contribution in [1.29, 1.82) is 0 Å². The maximum atomic E-state index is 13.5. The van der Waals surface area contributed by atoms with Gasteiger partial charge in [0.15, 0.2) is 0 Å². The molecule has 0 radical (unpaired) electrons. The van der Waals surface area contributed by atoms with Gasteiger partial charge in [-0.05, 0) is 54.3 Å². The fourth-order valence-corrected chi connectivity index (χ4v) is 6.43. The van der Waals surface area contributed by atoms with E-state index >= 15 is 0 Å². The molecule has 13 heteroatoms. The number of halogens is 3. The molecule has 0 bridgehead atoms. The third-order valence-corrected chi connectivity index (χ3v) is 8.75. The number of carbonyl (C=O) groups excluding carboxylic acids is 4. The molecule has 51 heavy (non-hydrogen) atoms. The number of esters is 2. The second kappa shape index (κ2) is 16.2. The molecule has 2 heterocycles. The lowest BCUT2D eigenvalue weighted by atomic mass is 9.88. The smallest absolute Gasteiger partial charge is 0.387 e. The van der Waals surface area contributed by atoms with E-state index in [2.05, 4.69) is 15.0 Å². The molecule has 3 aromatic rings. The molecule has 2 atom stereocenters. The first-order valence-corrected chi connectivity index (χ1v) is 16.8. The van der Waals surface area contributed by atoms with Crippen LogP contribution in [0.2, 0.25) is 0 Å². The van der Waals surface area contributed by atoms with Crippen molar-refractivity contribution in [3.05, 3.63) is 101 Å². The first-order chi connectivity index (χ1) is 24.4. The van der Waals surface area contributed by atoms with Gasteiger partial charge in [0.25, 0.3) is 5.91 Å². The quantitative estimate of drug-likeness (QED) is 0.179. The van der Waals surface area contributed by atoms with Crippen LogP contribution in [0.1, 0.15) is 66.1 Å². The van der Waals surface area contributed by atoms with Gasteiger partial charge in [0.1, 0.15) is 5.84 Å². The molecule has 10 nitrogen and oxygen atoms in total. The van der Waals surface area contributed by atoms with Gasteiger partial charge in [-0.1, -0.05) is 62.4 Å². The zero-order valence-electron chi connectivity index (χ0n) is 28.4. The fourth-order valence-electron chi connectivity index (χ4n) is 6.43. The van der Waals surface area contributed by atoms with Crippen molar-refractivity contribution < 1.29 is 37.1 Å². The number of carbonyl (C=O) groups is 4. The molecule has 268 valence electrons. The van der Waals surface area contributed by atoms with Crippen LogP contribution < -0.4 is 11.1 Å². The predicted molar refractivity (Wildman–Crippen MR) is 187 cm³/mol. The van der Waals surface area contributed by atoms with E-state index in [1.807, 2.05) is 49.1 Å². The van der Waals surface area contributed by atoms with E-state index in [4.69, 9.17) is 5.73 Å². The molecule has 0 unspecified atom stereocenters. The minimum absolute atomic E-state index is 0.0654. The van der Waals surface area contributed by atoms with Crippen molar-refractivity contribution in [2.24, 2.45) is 16.6 Å². The van der Waals surface area contributed by atoms with E-state index in [1.165, 1.54) is 0 Å². The van der Waals surface area contributed by atoms with Crippen molar-refractivity contribution >= 4 is 47.0 Å². The molecule has 2 amide bonds. The summed E-state index contributed by atoms with van der Waals surface area (Å²) in [5.41, 5.74) is 10.00. The van der Waals surface area contributed by atoms with Crippen LogP contribution in [0.25, 0.3) is 6.08 Å². The van der Waals surface area contributed by atoms with E-state index in [9.17, 15) is 32.3 Å². The Morgan fingerprint density at radius 2 is 1.69 bits per heavy atom. The van der Waals surface area contributed by atoms with E-state index < -0.39 is 35.9 Å². The Hall–Kier alpha value is -5.30. The number of ether oxygens (including phenoxy) is 1.